The Kier molecular flexibility index (Phi) is 4.46. The number of aromatic nitrogens is 1. The van der Waals surface area contributed by atoms with Crippen molar-refractivity contribution in [3.05, 3.63) is 38.3 Å². The summed E-state index contributed by atoms with van der Waals surface area (Å²) in [5.74, 6) is 0. The highest BCUT2D eigenvalue weighted by Crippen LogP contribution is 2.39. The molecule has 0 fully saturated rings. The maximum Gasteiger partial charge on any atom is 0.125 e. The molecule has 0 aliphatic heterocycles. The number of nitrogens with zero attached hydrogens (tertiary/aromatic N) is 1. The minimum absolute atomic E-state index is 0.417. The van der Waals surface area contributed by atoms with Gasteiger partial charge in [0.05, 0.1) is 11.7 Å². The molecule has 0 spiro atoms. The van der Waals surface area contributed by atoms with E-state index in [9.17, 15) is 0 Å². The number of benzene rings is 1. The molecule has 3 rings (SSSR count). The van der Waals surface area contributed by atoms with Crippen LogP contribution in [0.5, 0.6) is 0 Å². The second-order valence-electron chi connectivity index (χ2n) is 4.95. The van der Waals surface area contributed by atoms with Gasteiger partial charge in [-0.05, 0) is 44.0 Å². The van der Waals surface area contributed by atoms with Crippen LogP contribution in [0.4, 0.5) is 0 Å². The fourth-order valence-corrected chi connectivity index (χ4v) is 4.85. The molecular formula is C15H16BrClN2S. The van der Waals surface area contributed by atoms with Crippen LogP contribution in [0.3, 0.4) is 0 Å². The van der Waals surface area contributed by atoms with E-state index in [-0.39, 0.29) is 0 Å². The largest absolute Gasteiger partial charge is 0.309 e. The van der Waals surface area contributed by atoms with Gasteiger partial charge in [-0.3, -0.25) is 0 Å². The predicted octanol–water partition coefficient (Wildman–Crippen LogP) is 5.21. The maximum absolute atomic E-state index is 6.01. The van der Waals surface area contributed by atoms with Crippen LogP contribution in [0.15, 0.2) is 22.7 Å². The Hall–Kier alpha value is -0.420. The number of halogens is 2. The maximum atomic E-state index is 6.01. The standard InChI is InChI=1S/C15H16BrClN2S/c1-2-18-12-4-3-5-13-14(12)19-15(20-13)10-7-6-9(17)8-11(10)16/h6-8,12,18H,2-5H2,1H3. The molecule has 5 heteroatoms. The summed E-state index contributed by atoms with van der Waals surface area (Å²) in [5, 5.41) is 5.37. The smallest absolute Gasteiger partial charge is 0.125 e. The van der Waals surface area contributed by atoms with Gasteiger partial charge in [0.15, 0.2) is 0 Å². The molecular weight excluding hydrogens is 356 g/mol. The van der Waals surface area contributed by atoms with Crippen LogP contribution in [0.1, 0.15) is 36.4 Å². The molecule has 1 aliphatic carbocycles. The Labute approximate surface area is 136 Å². The van der Waals surface area contributed by atoms with Crippen molar-refractivity contribution in [1.82, 2.24) is 10.3 Å². The van der Waals surface area contributed by atoms with E-state index in [0.717, 1.165) is 33.0 Å². The van der Waals surface area contributed by atoms with Crippen molar-refractivity contribution in [2.75, 3.05) is 6.54 Å². The SMILES string of the molecule is CCNC1CCCc2sc(-c3ccc(Cl)cc3Br)nc21. The van der Waals surface area contributed by atoms with Crippen LogP contribution in [-0.4, -0.2) is 11.5 Å². The van der Waals surface area contributed by atoms with Crippen molar-refractivity contribution in [2.24, 2.45) is 0 Å². The third-order valence-electron chi connectivity index (χ3n) is 3.57. The molecule has 20 heavy (non-hydrogen) atoms. The molecule has 2 nitrogen and oxygen atoms in total. The highest BCUT2D eigenvalue weighted by molar-refractivity contribution is 9.10. The van der Waals surface area contributed by atoms with Gasteiger partial charge < -0.3 is 5.32 Å². The number of aryl methyl sites for hydroxylation is 1. The van der Waals surface area contributed by atoms with E-state index in [1.807, 2.05) is 29.5 Å². The van der Waals surface area contributed by atoms with Gasteiger partial charge in [0.1, 0.15) is 5.01 Å². The first-order valence-corrected chi connectivity index (χ1v) is 8.86. The van der Waals surface area contributed by atoms with Crippen LogP contribution in [0, 0.1) is 0 Å². The zero-order valence-electron chi connectivity index (χ0n) is 11.2. The topological polar surface area (TPSA) is 24.9 Å². The number of hydrogen-bond donors (Lipinski definition) is 1. The van der Waals surface area contributed by atoms with E-state index in [4.69, 9.17) is 16.6 Å². The highest BCUT2D eigenvalue weighted by Gasteiger charge is 2.24. The molecule has 0 saturated heterocycles. The van der Waals surface area contributed by atoms with E-state index in [1.165, 1.54) is 23.4 Å². The number of fused-ring (bicyclic) bond motifs is 1. The normalized spacial score (nSPS) is 18.1. The Morgan fingerprint density at radius 2 is 2.35 bits per heavy atom. The molecule has 1 heterocycles. The molecule has 1 aromatic carbocycles. The average molecular weight is 372 g/mol. The van der Waals surface area contributed by atoms with Crippen molar-refractivity contribution in [1.29, 1.82) is 0 Å². The summed E-state index contributed by atoms with van der Waals surface area (Å²) in [7, 11) is 0. The molecule has 0 bridgehead atoms. The Bertz CT molecular complexity index is 626. The van der Waals surface area contributed by atoms with Crippen LogP contribution in [0.2, 0.25) is 5.02 Å². The monoisotopic (exact) mass is 370 g/mol. The zero-order valence-corrected chi connectivity index (χ0v) is 14.4. The number of rotatable bonds is 3. The first-order chi connectivity index (χ1) is 9.69. The summed E-state index contributed by atoms with van der Waals surface area (Å²) in [5.41, 5.74) is 2.38. The molecule has 0 radical (unpaired) electrons. The first-order valence-electron chi connectivity index (χ1n) is 6.87. The molecule has 2 aromatic rings. The van der Waals surface area contributed by atoms with Crippen LogP contribution >= 0.6 is 38.9 Å². The lowest BCUT2D eigenvalue weighted by atomic mass is 9.98. The Balaban J connectivity index is 2.00. The third-order valence-corrected chi connectivity index (χ3v) is 5.62. The van der Waals surface area contributed by atoms with Gasteiger partial charge in [0.25, 0.3) is 0 Å². The van der Waals surface area contributed by atoms with Crippen molar-refractivity contribution in [2.45, 2.75) is 32.2 Å². The molecule has 1 N–H and O–H groups in total. The molecule has 0 saturated carbocycles. The number of thiazole rings is 1. The Morgan fingerprint density at radius 3 is 3.10 bits per heavy atom. The van der Waals surface area contributed by atoms with Gasteiger partial charge in [0.2, 0.25) is 0 Å². The van der Waals surface area contributed by atoms with Crippen LogP contribution in [-0.2, 0) is 6.42 Å². The van der Waals surface area contributed by atoms with E-state index >= 15 is 0 Å². The molecule has 106 valence electrons. The fourth-order valence-electron chi connectivity index (χ4n) is 2.64. The van der Waals surface area contributed by atoms with Crippen molar-refractivity contribution in [3.63, 3.8) is 0 Å². The minimum atomic E-state index is 0.417. The number of nitrogens with one attached hydrogen (secondary N) is 1. The van der Waals surface area contributed by atoms with Gasteiger partial charge in [-0.2, -0.15) is 0 Å². The summed E-state index contributed by atoms with van der Waals surface area (Å²) in [6, 6.07) is 6.31. The second kappa shape index (κ2) is 6.14. The third kappa shape index (κ3) is 2.80. The molecule has 1 aromatic heterocycles. The van der Waals surface area contributed by atoms with Crippen molar-refractivity contribution < 1.29 is 0 Å². The van der Waals surface area contributed by atoms with E-state index in [0.29, 0.717) is 6.04 Å². The Morgan fingerprint density at radius 1 is 1.50 bits per heavy atom. The lowest BCUT2D eigenvalue weighted by Gasteiger charge is -2.21. The number of hydrogen-bond acceptors (Lipinski definition) is 3. The molecule has 0 amide bonds. The van der Waals surface area contributed by atoms with Crippen LogP contribution < -0.4 is 5.32 Å². The van der Waals surface area contributed by atoms with Gasteiger partial charge in [-0.1, -0.05) is 34.5 Å². The zero-order chi connectivity index (χ0) is 14.1. The molecule has 1 aliphatic rings. The quantitative estimate of drug-likeness (QED) is 0.800. The second-order valence-corrected chi connectivity index (χ2v) is 7.33. The lowest BCUT2D eigenvalue weighted by Crippen LogP contribution is -2.24. The van der Waals surface area contributed by atoms with Gasteiger partial charge in [-0.15, -0.1) is 11.3 Å². The summed E-state index contributed by atoms with van der Waals surface area (Å²) < 4.78 is 1.01. The highest BCUT2D eigenvalue weighted by atomic mass is 79.9. The average Bonchev–Trinajstić information content (AvgIpc) is 2.83. The van der Waals surface area contributed by atoms with Crippen molar-refractivity contribution >= 4 is 38.9 Å². The van der Waals surface area contributed by atoms with Gasteiger partial charge in [-0.25, -0.2) is 4.98 Å². The summed E-state index contributed by atoms with van der Waals surface area (Å²) in [6.45, 7) is 3.14. The van der Waals surface area contributed by atoms with Gasteiger partial charge >= 0.3 is 0 Å². The summed E-state index contributed by atoms with van der Waals surface area (Å²) >= 11 is 11.4. The fraction of sp³-hybridized carbons (Fsp3) is 0.400. The lowest BCUT2D eigenvalue weighted by molar-refractivity contribution is 0.465. The van der Waals surface area contributed by atoms with E-state index in [1.54, 1.807) is 0 Å². The predicted molar refractivity (Wildman–Crippen MR) is 89.6 cm³/mol. The van der Waals surface area contributed by atoms with Crippen molar-refractivity contribution in [3.8, 4) is 10.6 Å². The summed E-state index contributed by atoms with van der Waals surface area (Å²) in [4.78, 5) is 6.32. The molecule has 1 unspecified atom stereocenters. The van der Waals surface area contributed by atoms with Gasteiger partial charge in [0, 0.05) is 19.9 Å². The van der Waals surface area contributed by atoms with Crippen LogP contribution in [0.25, 0.3) is 10.6 Å². The van der Waals surface area contributed by atoms with E-state index < -0.39 is 0 Å². The minimum Gasteiger partial charge on any atom is -0.309 e. The first kappa shape index (κ1) is 14.5. The van der Waals surface area contributed by atoms with E-state index in [2.05, 4.69) is 28.2 Å². The summed E-state index contributed by atoms with van der Waals surface area (Å²) in [6.07, 6.45) is 3.58. The molecule has 1 atom stereocenters.